The van der Waals surface area contributed by atoms with Crippen molar-refractivity contribution >= 4 is 29.2 Å². The Labute approximate surface area is 91.4 Å². The molecule has 0 unspecified atom stereocenters. The van der Waals surface area contributed by atoms with Gasteiger partial charge in [-0.05, 0) is 23.8 Å². The van der Waals surface area contributed by atoms with Gasteiger partial charge in [-0.1, -0.05) is 23.2 Å². The van der Waals surface area contributed by atoms with Crippen molar-refractivity contribution in [2.24, 2.45) is 0 Å². The number of hydrogen-bond donors (Lipinski definition) is 2. The molecule has 1 aromatic rings. The van der Waals surface area contributed by atoms with Gasteiger partial charge in [0.1, 0.15) is 0 Å². The molecule has 3 nitrogen and oxygen atoms in total. The van der Waals surface area contributed by atoms with Gasteiger partial charge in [0.2, 0.25) is 0 Å². The maximum atomic E-state index is 10.9. The molecule has 0 saturated carbocycles. The fourth-order valence-corrected chi connectivity index (χ4v) is 1.85. The van der Waals surface area contributed by atoms with E-state index < -0.39 is 0 Å². The van der Waals surface area contributed by atoms with Gasteiger partial charge in [0, 0.05) is 16.6 Å². The van der Waals surface area contributed by atoms with E-state index in [-0.39, 0.29) is 12.1 Å². The second-order valence-corrected chi connectivity index (χ2v) is 3.92. The Balaban J connectivity index is 2.31. The zero-order valence-electron chi connectivity index (χ0n) is 7.18. The third kappa shape index (κ3) is 1.79. The first-order valence-electron chi connectivity index (χ1n) is 4.16. The normalized spacial score (nSPS) is 20.4. The summed E-state index contributed by atoms with van der Waals surface area (Å²) in [6, 6.07) is 4.95. The van der Waals surface area contributed by atoms with Gasteiger partial charge in [-0.25, -0.2) is 4.79 Å². The van der Waals surface area contributed by atoms with Crippen LogP contribution >= 0.6 is 23.2 Å². The van der Waals surface area contributed by atoms with E-state index in [0.717, 1.165) is 5.56 Å². The summed E-state index contributed by atoms with van der Waals surface area (Å²) in [5.41, 5.74) is 0.845. The number of carbonyl (C=O) groups excluding carboxylic acids is 1. The van der Waals surface area contributed by atoms with E-state index in [1.54, 1.807) is 18.2 Å². The van der Waals surface area contributed by atoms with Gasteiger partial charge in [0.05, 0.1) is 6.04 Å². The zero-order valence-corrected chi connectivity index (χ0v) is 8.69. The lowest BCUT2D eigenvalue weighted by atomic mass is 10.1. The molecule has 2 rings (SSSR count). The Morgan fingerprint density at radius 3 is 2.79 bits per heavy atom. The van der Waals surface area contributed by atoms with Crippen LogP contribution in [0.15, 0.2) is 18.2 Å². The van der Waals surface area contributed by atoms with Gasteiger partial charge in [0.25, 0.3) is 0 Å². The summed E-state index contributed by atoms with van der Waals surface area (Å²) in [5, 5.41) is 6.64. The lowest BCUT2D eigenvalue weighted by molar-refractivity contribution is 0.247. The van der Waals surface area contributed by atoms with Gasteiger partial charge in [-0.15, -0.1) is 0 Å². The molecule has 5 heteroatoms. The Bertz CT molecular complexity index is 381. The molecule has 0 spiro atoms. The smallest absolute Gasteiger partial charge is 0.315 e. The first-order valence-corrected chi connectivity index (χ1v) is 4.92. The fourth-order valence-electron chi connectivity index (χ4n) is 1.42. The Morgan fingerprint density at radius 2 is 2.14 bits per heavy atom. The van der Waals surface area contributed by atoms with E-state index in [1.807, 2.05) is 0 Å². The summed E-state index contributed by atoms with van der Waals surface area (Å²) in [6.45, 7) is 0.541. The van der Waals surface area contributed by atoms with Crippen LogP contribution in [0.1, 0.15) is 11.6 Å². The topological polar surface area (TPSA) is 41.1 Å². The third-order valence-electron chi connectivity index (χ3n) is 2.11. The van der Waals surface area contributed by atoms with Crippen molar-refractivity contribution < 1.29 is 4.79 Å². The average Bonchev–Trinajstić information content (AvgIpc) is 2.56. The van der Waals surface area contributed by atoms with Crippen LogP contribution in [0.3, 0.4) is 0 Å². The molecule has 1 aliphatic heterocycles. The molecule has 1 aromatic carbocycles. The van der Waals surface area contributed by atoms with E-state index in [9.17, 15) is 4.79 Å². The number of halogens is 2. The molecule has 1 aliphatic rings. The van der Waals surface area contributed by atoms with Crippen LogP contribution in [-0.2, 0) is 0 Å². The Kier molecular flexibility index (Phi) is 2.52. The molecule has 1 heterocycles. The molecule has 2 N–H and O–H groups in total. The molecule has 0 bridgehead atoms. The van der Waals surface area contributed by atoms with Crippen LogP contribution in [0, 0.1) is 0 Å². The van der Waals surface area contributed by atoms with Crippen LogP contribution in [0.25, 0.3) is 0 Å². The van der Waals surface area contributed by atoms with Crippen molar-refractivity contribution in [3.05, 3.63) is 33.8 Å². The minimum atomic E-state index is -0.175. The molecule has 0 aromatic heterocycles. The minimum absolute atomic E-state index is 0.0892. The molecule has 14 heavy (non-hydrogen) atoms. The lowest BCUT2D eigenvalue weighted by Gasteiger charge is -2.11. The lowest BCUT2D eigenvalue weighted by Crippen LogP contribution is -2.21. The van der Waals surface area contributed by atoms with Crippen LogP contribution < -0.4 is 10.6 Å². The maximum absolute atomic E-state index is 10.9. The first kappa shape index (κ1) is 9.62. The van der Waals surface area contributed by atoms with E-state index in [4.69, 9.17) is 23.2 Å². The number of urea groups is 1. The molecule has 0 radical (unpaired) electrons. The van der Waals surface area contributed by atoms with E-state index in [2.05, 4.69) is 10.6 Å². The highest BCUT2D eigenvalue weighted by atomic mass is 35.5. The summed E-state index contributed by atoms with van der Waals surface area (Å²) in [6.07, 6.45) is 0. The monoisotopic (exact) mass is 230 g/mol. The van der Waals surface area contributed by atoms with Gasteiger partial charge in [-0.3, -0.25) is 0 Å². The molecule has 1 fully saturated rings. The molecule has 2 amide bonds. The maximum Gasteiger partial charge on any atom is 0.315 e. The first-order chi connectivity index (χ1) is 6.66. The summed E-state index contributed by atoms with van der Waals surface area (Å²) in [5.74, 6) is 0. The second-order valence-electron chi connectivity index (χ2n) is 3.07. The largest absolute Gasteiger partial charge is 0.336 e. The van der Waals surface area contributed by atoms with Gasteiger partial charge < -0.3 is 10.6 Å². The van der Waals surface area contributed by atoms with Gasteiger partial charge >= 0.3 is 6.03 Å². The van der Waals surface area contributed by atoms with Gasteiger partial charge in [-0.2, -0.15) is 0 Å². The molecule has 1 atom stereocenters. The molecular formula is C9H8Cl2N2O. The number of rotatable bonds is 1. The number of nitrogens with one attached hydrogen (secondary N) is 2. The van der Waals surface area contributed by atoms with Crippen LogP contribution in [0.4, 0.5) is 4.79 Å². The van der Waals surface area contributed by atoms with E-state index in [0.29, 0.717) is 16.6 Å². The molecule has 1 saturated heterocycles. The van der Waals surface area contributed by atoms with Gasteiger partial charge in [0.15, 0.2) is 0 Å². The van der Waals surface area contributed by atoms with Crippen LogP contribution in [0.5, 0.6) is 0 Å². The number of benzene rings is 1. The quantitative estimate of drug-likeness (QED) is 0.765. The SMILES string of the molecule is O=C1NC[C@H](c2cc(Cl)ccc2Cl)N1. The summed E-state index contributed by atoms with van der Waals surface area (Å²) in [4.78, 5) is 10.9. The predicted molar refractivity (Wildman–Crippen MR) is 55.7 cm³/mol. The summed E-state index contributed by atoms with van der Waals surface area (Å²) in [7, 11) is 0. The van der Waals surface area contributed by atoms with Crippen molar-refractivity contribution in [1.82, 2.24) is 10.6 Å². The Morgan fingerprint density at radius 1 is 1.36 bits per heavy atom. The Hall–Kier alpha value is -0.930. The number of amides is 2. The molecule has 74 valence electrons. The summed E-state index contributed by atoms with van der Waals surface area (Å²) >= 11 is 11.8. The minimum Gasteiger partial charge on any atom is -0.336 e. The highest BCUT2D eigenvalue weighted by Crippen LogP contribution is 2.27. The fraction of sp³-hybridized carbons (Fsp3) is 0.222. The number of hydrogen-bond acceptors (Lipinski definition) is 1. The number of carbonyl (C=O) groups is 1. The highest BCUT2D eigenvalue weighted by molar-refractivity contribution is 6.33. The van der Waals surface area contributed by atoms with E-state index >= 15 is 0 Å². The second kappa shape index (κ2) is 3.67. The van der Waals surface area contributed by atoms with E-state index in [1.165, 1.54) is 0 Å². The molecular weight excluding hydrogens is 223 g/mol. The third-order valence-corrected chi connectivity index (χ3v) is 2.68. The van der Waals surface area contributed by atoms with Crippen molar-refractivity contribution in [2.45, 2.75) is 6.04 Å². The highest BCUT2D eigenvalue weighted by Gasteiger charge is 2.23. The zero-order chi connectivity index (χ0) is 10.1. The van der Waals surface area contributed by atoms with Crippen LogP contribution in [-0.4, -0.2) is 12.6 Å². The molecule has 0 aliphatic carbocycles. The van der Waals surface area contributed by atoms with Crippen molar-refractivity contribution in [3.8, 4) is 0 Å². The van der Waals surface area contributed by atoms with Crippen molar-refractivity contribution in [2.75, 3.05) is 6.54 Å². The average molecular weight is 231 g/mol. The predicted octanol–water partition coefficient (Wildman–Crippen LogP) is 2.35. The van der Waals surface area contributed by atoms with Crippen LogP contribution in [0.2, 0.25) is 10.0 Å². The standard InChI is InChI=1S/C9H8Cl2N2O/c10-5-1-2-7(11)6(3-5)8-4-12-9(14)13-8/h1-3,8H,4H2,(H2,12,13,14)/t8-/m1/s1. The van der Waals surface area contributed by atoms with Crippen molar-refractivity contribution in [3.63, 3.8) is 0 Å². The summed E-state index contributed by atoms with van der Waals surface area (Å²) < 4.78 is 0. The van der Waals surface area contributed by atoms with Crippen molar-refractivity contribution in [1.29, 1.82) is 0 Å².